The third-order valence-electron chi connectivity index (χ3n) is 8.18. The number of amides is 1. The Hall–Kier alpha value is -2.20. The number of carbonyl (C=O) groups excluding carboxylic acids is 1. The van der Waals surface area contributed by atoms with Crippen molar-refractivity contribution in [2.45, 2.75) is 31.7 Å². The van der Waals surface area contributed by atoms with Crippen LogP contribution in [0.1, 0.15) is 42.0 Å². The molecule has 0 spiro atoms. The van der Waals surface area contributed by atoms with Gasteiger partial charge in [-0.1, -0.05) is 36.4 Å². The summed E-state index contributed by atoms with van der Waals surface area (Å²) in [5.74, 6) is 2.85. The maximum Gasteiger partial charge on any atom is 0.223 e. The Morgan fingerprint density at radius 2 is 1.70 bits per heavy atom. The Labute approximate surface area is 177 Å². The first kappa shape index (κ1) is 18.6. The van der Waals surface area contributed by atoms with Crippen LogP contribution in [0.25, 0.3) is 0 Å². The molecule has 3 atom stereocenters. The van der Waals surface area contributed by atoms with Crippen molar-refractivity contribution in [1.29, 1.82) is 0 Å². The zero-order valence-electron chi connectivity index (χ0n) is 17.3. The van der Waals surface area contributed by atoms with E-state index in [-0.39, 0.29) is 17.8 Å². The summed E-state index contributed by atoms with van der Waals surface area (Å²) in [5, 5.41) is 0. The SMILES string of the molecule is O=C(CC1C2CC3CC1CN(C3)C2)N1CCc2ccccc2[C@@H]1c1ccc(F)cc1. The first-order chi connectivity index (χ1) is 14.7. The van der Waals surface area contributed by atoms with Crippen LogP contribution in [0.4, 0.5) is 4.39 Å². The van der Waals surface area contributed by atoms with E-state index in [0.717, 1.165) is 24.4 Å². The molecule has 4 heteroatoms. The lowest BCUT2D eigenvalue weighted by molar-refractivity contribution is -0.139. The summed E-state index contributed by atoms with van der Waals surface area (Å²) in [6.07, 6.45) is 4.20. The highest BCUT2D eigenvalue weighted by atomic mass is 19.1. The quantitative estimate of drug-likeness (QED) is 0.762. The predicted octanol–water partition coefficient (Wildman–Crippen LogP) is 4.28. The van der Waals surface area contributed by atoms with Crippen LogP contribution in [0, 0.1) is 29.5 Å². The van der Waals surface area contributed by atoms with Crippen molar-refractivity contribution in [3.63, 3.8) is 0 Å². The summed E-state index contributed by atoms with van der Waals surface area (Å²) in [5.41, 5.74) is 3.51. The van der Waals surface area contributed by atoms with Crippen molar-refractivity contribution in [3.05, 3.63) is 71.0 Å². The van der Waals surface area contributed by atoms with Gasteiger partial charge in [0.2, 0.25) is 5.91 Å². The molecule has 30 heavy (non-hydrogen) atoms. The smallest absolute Gasteiger partial charge is 0.223 e. The standard InChI is InChI=1S/C26H29FN2O/c27-22-7-5-19(6-8-22)26-23-4-2-1-3-18(23)9-10-29(26)25(30)13-24-20-11-17-12-21(24)16-28(14-17)15-20/h1-8,17,20-21,24,26H,9-16H2/t17?,20?,21?,24?,26-/m0/s1. The van der Waals surface area contributed by atoms with Crippen LogP contribution in [0.2, 0.25) is 0 Å². The molecule has 7 rings (SSSR count). The molecule has 0 radical (unpaired) electrons. The van der Waals surface area contributed by atoms with E-state index in [1.807, 2.05) is 12.1 Å². The summed E-state index contributed by atoms with van der Waals surface area (Å²) in [6.45, 7) is 4.41. The number of carbonyl (C=O) groups is 1. The summed E-state index contributed by atoms with van der Waals surface area (Å²) in [6, 6.07) is 15.0. The number of rotatable bonds is 3. The molecule has 2 aromatic rings. The Morgan fingerprint density at radius 3 is 2.43 bits per heavy atom. The molecule has 1 aliphatic carbocycles. The fourth-order valence-electron chi connectivity index (χ4n) is 7.00. The third kappa shape index (κ3) is 3.08. The van der Waals surface area contributed by atoms with Crippen LogP contribution in [0.5, 0.6) is 0 Å². The second-order valence-corrected chi connectivity index (χ2v) is 9.93. The maximum atomic E-state index is 13.7. The molecule has 0 N–H and O–H groups in total. The van der Waals surface area contributed by atoms with Gasteiger partial charge in [-0.3, -0.25) is 4.79 Å². The van der Waals surface area contributed by atoms with E-state index in [9.17, 15) is 9.18 Å². The van der Waals surface area contributed by atoms with Gasteiger partial charge in [-0.25, -0.2) is 4.39 Å². The fraction of sp³-hybridized carbons (Fsp3) is 0.500. The van der Waals surface area contributed by atoms with E-state index in [1.165, 1.54) is 55.7 Å². The predicted molar refractivity (Wildman–Crippen MR) is 114 cm³/mol. The summed E-state index contributed by atoms with van der Waals surface area (Å²) < 4.78 is 13.6. The van der Waals surface area contributed by atoms with Crippen molar-refractivity contribution in [3.8, 4) is 0 Å². The van der Waals surface area contributed by atoms with Crippen LogP contribution in [0.15, 0.2) is 48.5 Å². The zero-order valence-corrected chi connectivity index (χ0v) is 17.3. The molecule has 3 saturated heterocycles. The van der Waals surface area contributed by atoms with Gasteiger partial charge in [0.15, 0.2) is 0 Å². The molecule has 0 aromatic heterocycles. The molecule has 2 aromatic carbocycles. The minimum atomic E-state index is -0.232. The van der Waals surface area contributed by atoms with E-state index < -0.39 is 0 Å². The van der Waals surface area contributed by atoms with E-state index in [0.29, 0.717) is 24.2 Å². The molecule has 4 fully saturated rings. The molecule has 5 aliphatic rings. The number of benzene rings is 2. The van der Waals surface area contributed by atoms with Crippen molar-refractivity contribution >= 4 is 5.91 Å². The highest BCUT2D eigenvalue weighted by molar-refractivity contribution is 5.78. The minimum Gasteiger partial charge on any atom is -0.331 e. The van der Waals surface area contributed by atoms with Crippen LogP contribution in [-0.2, 0) is 11.2 Å². The Bertz CT molecular complexity index is 928. The summed E-state index contributed by atoms with van der Waals surface area (Å²) >= 11 is 0. The summed E-state index contributed by atoms with van der Waals surface area (Å²) in [4.78, 5) is 18.4. The lowest BCUT2D eigenvalue weighted by atomic mass is 9.61. The molecule has 4 heterocycles. The van der Waals surface area contributed by atoms with E-state index in [1.54, 1.807) is 0 Å². The summed E-state index contributed by atoms with van der Waals surface area (Å²) in [7, 11) is 0. The topological polar surface area (TPSA) is 23.6 Å². The normalized spacial score (nSPS) is 34.1. The third-order valence-corrected chi connectivity index (χ3v) is 8.18. The van der Waals surface area contributed by atoms with E-state index in [2.05, 4.69) is 34.1 Å². The number of hydrogen-bond acceptors (Lipinski definition) is 2. The first-order valence-electron chi connectivity index (χ1n) is 11.5. The van der Waals surface area contributed by atoms with Crippen molar-refractivity contribution in [1.82, 2.24) is 9.80 Å². The fourth-order valence-corrected chi connectivity index (χ4v) is 7.00. The van der Waals surface area contributed by atoms with E-state index >= 15 is 0 Å². The van der Waals surface area contributed by atoms with Gasteiger partial charge in [0.25, 0.3) is 0 Å². The Kier molecular flexibility index (Phi) is 4.45. The van der Waals surface area contributed by atoms with Crippen LogP contribution in [0.3, 0.4) is 0 Å². The average Bonchev–Trinajstić information content (AvgIpc) is 2.75. The Balaban J connectivity index is 1.29. The first-order valence-corrected chi connectivity index (χ1v) is 11.5. The van der Waals surface area contributed by atoms with Gasteiger partial charge in [0.1, 0.15) is 5.82 Å². The monoisotopic (exact) mass is 404 g/mol. The molecule has 4 aliphatic heterocycles. The lowest BCUT2D eigenvalue weighted by Gasteiger charge is -2.56. The molecule has 1 amide bonds. The molecule has 4 bridgehead atoms. The second-order valence-electron chi connectivity index (χ2n) is 9.93. The molecule has 1 saturated carbocycles. The van der Waals surface area contributed by atoms with Gasteiger partial charge in [0.05, 0.1) is 6.04 Å². The van der Waals surface area contributed by atoms with Gasteiger partial charge in [0, 0.05) is 32.6 Å². The van der Waals surface area contributed by atoms with Crippen LogP contribution < -0.4 is 0 Å². The van der Waals surface area contributed by atoms with Gasteiger partial charge in [-0.2, -0.15) is 0 Å². The minimum absolute atomic E-state index is 0.108. The molecular formula is C26H29FN2O. The van der Waals surface area contributed by atoms with Gasteiger partial charge < -0.3 is 9.80 Å². The number of nitrogens with zero attached hydrogens (tertiary/aromatic N) is 2. The van der Waals surface area contributed by atoms with Crippen molar-refractivity contribution in [2.75, 3.05) is 26.2 Å². The average molecular weight is 405 g/mol. The Morgan fingerprint density at radius 1 is 0.967 bits per heavy atom. The number of halogens is 1. The maximum absolute atomic E-state index is 13.7. The second kappa shape index (κ2) is 7.19. The molecule has 3 nitrogen and oxygen atoms in total. The van der Waals surface area contributed by atoms with Gasteiger partial charge in [-0.05, 0) is 71.8 Å². The van der Waals surface area contributed by atoms with Crippen LogP contribution in [-0.4, -0.2) is 41.9 Å². The lowest BCUT2D eigenvalue weighted by Crippen LogP contribution is -2.58. The largest absolute Gasteiger partial charge is 0.331 e. The number of hydrogen-bond donors (Lipinski definition) is 0. The molecule has 2 unspecified atom stereocenters. The van der Waals surface area contributed by atoms with Crippen LogP contribution >= 0.6 is 0 Å². The van der Waals surface area contributed by atoms with Crippen molar-refractivity contribution < 1.29 is 9.18 Å². The number of fused-ring (bicyclic) bond motifs is 1. The number of piperidine rings is 3. The highest BCUT2D eigenvalue weighted by Crippen LogP contribution is 2.49. The highest BCUT2D eigenvalue weighted by Gasteiger charge is 2.48. The van der Waals surface area contributed by atoms with Crippen molar-refractivity contribution in [2.24, 2.45) is 23.7 Å². The van der Waals surface area contributed by atoms with Gasteiger partial charge >= 0.3 is 0 Å². The molecular weight excluding hydrogens is 375 g/mol. The van der Waals surface area contributed by atoms with E-state index in [4.69, 9.17) is 0 Å². The van der Waals surface area contributed by atoms with Gasteiger partial charge in [-0.15, -0.1) is 0 Å². The zero-order chi connectivity index (χ0) is 20.2. The molecule has 156 valence electrons.